The zero-order valence-electron chi connectivity index (χ0n) is 13.9. The van der Waals surface area contributed by atoms with Gasteiger partial charge in [0.05, 0.1) is 14.2 Å². The summed E-state index contributed by atoms with van der Waals surface area (Å²) in [6, 6.07) is 5.26. The van der Waals surface area contributed by atoms with Gasteiger partial charge in [0.2, 0.25) is 5.91 Å². The van der Waals surface area contributed by atoms with Crippen molar-refractivity contribution in [1.29, 1.82) is 0 Å². The van der Waals surface area contributed by atoms with Crippen LogP contribution in [0.1, 0.15) is 54.4 Å². The van der Waals surface area contributed by atoms with E-state index in [4.69, 9.17) is 9.47 Å². The molecule has 1 saturated carbocycles. The Morgan fingerprint density at radius 3 is 2.57 bits per heavy atom. The number of nitrogens with one attached hydrogen (secondary N) is 1. The summed E-state index contributed by atoms with van der Waals surface area (Å²) < 4.78 is 9.91. The normalized spacial score (nSPS) is 15.0. The van der Waals surface area contributed by atoms with Gasteiger partial charge in [0.1, 0.15) is 11.3 Å². The lowest BCUT2D eigenvalue weighted by atomic mass is 9.87. The van der Waals surface area contributed by atoms with Crippen LogP contribution in [0, 0.1) is 5.92 Å². The molecule has 5 heteroatoms. The minimum Gasteiger partial charge on any atom is -0.496 e. The van der Waals surface area contributed by atoms with E-state index in [0.717, 1.165) is 18.4 Å². The van der Waals surface area contributed by atoms with Crippen molar-refractivity contribution >= 4 is 11.9 Å². The summed E-state index contributed by atoms with van der Waals surface area (Å²) >= 11 is 0. The Labute approximate surface area is 137 Å². The minimum atomic E-state index is -0.447. The standard InChI is InChI=1S/C18H25NO4/c1-22-16-9-8-14(10-15(16)18(21)23-2)12-19-17(20)11-13-6-4-3-5-7-13/h8-10,13H,3-7,11-12H2,1-2H3,(H,19,20). The van der Waals surface area contributed by atoms with E-state index in [2.05, 4.69) is 5.32 Å². The van der Waals surface area contributed by atoms with Gasteiger partial charge in [0, 0.05) is 13.0 Å². The number of benzene rings is 1. The molecule has 1 amide bonds. The summed E-state index contributed by atoms with van der Waals surface area (Å²) in [6.07, 6.45) is 6.67. The number of rotatable bonds is 6. The molecule has 0 unspecified atom stereocenters. The molecular formula is C18H25NO4. The van der Waals surface area contributed by atoms with Crippen LogP contribution in [0.2, 0.25) is 0 Å². The number of ether oxygens (including phenoxy) is 2. The van der Waals surface area contributed by atoms with E-state index in [9.17, 15) is 9.59 Å². The monoisotopic (exact) mass is 319 g/mol. The third kappa shape index (κ3) is 4.98. The second kappa shape index (κ2) is 8.56. The van der Waals surface area contributed by atoms with Crippen LogP contribution in [-0.2, 0) is 16.1 Å². The van der Waals surface area contributed by atoms with Crippen LogP contribution in [0.3, 0.4) is 0 Å². The van der Waals surface area contributed by atoms with Gasteiger partial charge >= 0.3 is 5.97 Å². The van der Waals surface area contributed by atoms with Crippen molar-refractivity contribution in [3.05, 3.63) is 29.3 Å². The molecule has 0 atom stereocenters. The highest BCUT2D eigenvalue weighted by Gasteiger charge is 2.17. The molecule has 1 aliphatic rings. The second-order valence-electron chi connectivity index (χ2n) is 6.01. The van der Waals surface area contributed by atoms with Crippen LogP contribution in [-0.4, -0.2) is 26.1 Å². The van der Waals surface area contributed by atoms with Crippen LogP contribution in [0.4, 0.5) is 0 Å². The highest BCUT2D eigenvalue weighted by molar-refractivity contribution is 5.92. The summed E-state index contributed by atoms with van der Waals surface area (Å²) in [4.78, 5) is 23.8. The lowest BCUT2D eigenvalue weighted by molar-refractivity contribution is -0.122. The van der Waals surface area contributed by atoms with Crippen molar-refractivity contribution in [2.75, 3.05) is 14.2 Å². The third-order valence-corrected chi connectivity index (χ3v) is 4.36. The number of hydrogen-bond acceptors (Lipinski definition) is 4. The molecule has 1 N–H and O–H groups in total. The summed E-state index contributed by atoms with van der Waals surface area (Å²) in [6.45, 7) is 0.402. The first-order valence-corrected chi connectivity index (χ1v) is 8.16. The molecule has 0 saturated heterocycles. The fourth-order valence-electron chi connectivity index (χ4n) is 3.06. The van der Waals surface area contributed by atoms with Gasteiger partial charge in [-0.1, -0.05) is 25.3 Å². The number of carbonyl (C=O) groups excluding carboxylic acids is 2. The molecule has 1 fully saturated rings. The van der Waals surface area contributed by atoms with E-state index < -0.39 is 5.97 Å². The van der Waals surface area contributed by atoms with Crippen LogP contribution >= 0.6 is 0 Å². The Bertz CT molecular complexity index is 550. The topological polar surface area (TPSA) is 64.6 Å². The van der Waals surface area contributed by atoms with Crippen LogP contribution < -0.4 is 10.1 Å². The first kappa shape index (κ1) is 17.3. The van der Waals surface area contributed by atoms with E-state index in [0.29, 0.717) is 30.2 Å². The Hall–Kier alpha value is -2.04. The van der Waals surface area contributed by atoms with Gasteiger partial charge in [-0.3, -0.25) is 4.79 Å². The van der Waals surface area contributed by atoms with Crippen molar-refractivity contribution in [2.45, 2.75) is 45.1 Å². The van der Waals surface area contributed by atoms with Gasteiger partial charge in [0.15, 0.2) is 0 Å². The third-order valence-electron chi connectivity index (χ3n) is 4.36. The molecule has 5 nitrogen and oxygen atoms in total. The Balaban J connectivity index is 1.91. The highest BCUT2D eigenvalue weighted by Crippen LogP contribution is 2.26. The van der Waals surface area contributed by atoms with Gasteiger partial charge in [0.25, 0.3) is 0 Å². The van der Waals surface area contributed by atoms with Crippen molar-refractivity contribution in [2.24, 2.45) is 5.92 Å². The quantitative estimate of drug-likeness (QED) is 0.819. The summed E-state index contributed by atoms with van der Waals surface area (Å²) in [5.41, 5.74) is 1.22. The van der Waals surface area contributed by atoms with Gasteiger partial charge in [-0.05, 0) is 36.5 Å². The average molecular weight is 319 g/mol. The molecule has 0 bridgehead atoms. The lowest BCUT2D eigenvalue weighted by Gasteiger charge is -2.20. The average Bonchev–Trinajstić information content (AvgIpc) is 2.60. The summed E-state index contributed by atoms with van der Waals surface area (Å²) in [7, 11) is 2.84. The summed E-state index contributed by atoms with van der Waals surface area (Å²) in [5.74, 6) is 0.615. The fraction of sp³-hybridized carbons (Fsp3) is 0.556. The second-order valence-corrected chi connectivity index (χ2v) is 6.01. The van der Waals surface area contributed by atoms with Gasteiger partial charge < -0.3 is 14.8 Å². The predicted molar refractivity (Wildman–Crippen MR) is 87.4 cm³/mol. The molecule has 0 heterocycles. The van der Waals surface area contributed by atoms with Crippen LogP contribution in [0.5, 0.6) is 5.75 Å². The highest BCUT2D eigenvalue weighted by atomic mass is 16.5. The number of amides is 1. The van der Waals surface area contributed by atoms with Crippen molar-refractivity contribution < 1.29 is 19.1 Å². The molecule has 1 aromatic rings. The molecule has 1 aliphatic carbocycles. The van der Waals surface area contributed by atoms with E-state index >= 15 is 0 Å². The maximum atomic E-state index is 12.1. The molecule has 0 aromatic heterocycles. The molecular weight excluding hydrogens is 294 g/mol. The van der Waals surface area contributed by atoms with Gasteiger partial charge in [-0.25, -0.2) is 4.79 Å². The van der Waals surface area contributed by atoms with E-state index in [-0.39, 0.29) is 5.91 Å². The zero-order chi connectivity index (χ0) is 16.7. The number of hydrogen-bond donors (Lipinski definition) is 1. The smallest absolute Gasteiger partial charge is 0.341 e. The summed E-state index contributed by atoms with van der Waals surface area (Å²) in [5, 5.41) is 2.94. The first-order chi connectivity index (χ1) is 11.1. The lowest BCUT2D eigenvalue weighted by Crippen LogP contribution is -2.26. The Morgan fingerprint density at radius 1 is 1.17 bits per heavy atom. The molecule has 2 rings (SSSR count). The fourth-order valence-corrected chi connectivity index (χ4v) is 3.06. The zero-order valence-corrected chi connectivity index (χ0v) is 13.9. The van der Waals surface area contributed by atoms with Crippen molar-refractivity contribution in [1.82, 2.24) is 5.32 Å². The minimum absolute atomic E-state index is 0.0762. The van der Waals surface area contributed by atoms with Gasteiger partial charge in [-0.15, -0.1) is 0 Å². The number of methoxy groups -OCH3 is 2. The molecule has 126 valence electrons. The number of esters is 1. The number of carbonyl (C=O) groups is 2. The maximum absolute atomic E-state index is 12.1. The Morgan fingerprint density at radius 2 is 1.91 bits per heavy atom. The molecule has 0 aliphatic heterocycles. The van der Waals surface area contributed by atoms with Gasteiger partial charge in [-0.2, -0.15) is 0 Å². The van der Waals surface area contributed by atoms with E-state index in [1.165, 1.54) is 33.5 Å². The molecule has 0 radical (unpaired) electrons. The maximum Gasteiger partial charge on any atom is 0.341 e. The molecule has 1 aromatic carbocycles. The predicted octanol–water partition coefficient (Wildman–Crippen LogP) is 3.07. The van der Waals surface area contributed by atoms with Crippen LogP contribution in [0.15, 0.2) is 18.2 Å². The van der Waals surface area contributed by atoms with E-state index in [1.54, 1.807) is 12.1 Å². The Kier molecular flexibility index (Phi) is 6.44. The SMILES string of the molecule is COC(=O)c1cc(CNC(=O)CC2CCCCC2)ccc1OC. The van der Waals surface area contributed by atoms with Crippen molar-refractivity contribution in [3.8, 4) is 5.75 Å². The molecule has 0 spiro atoms. The van der Waals surface area contributed by atoms with Crippen molar-refractivity contribution in [3.63, 3.8) is 0 Å². The largest absolute Gasteiger partial charge is 0.496 e. The van der Waals surface area contributed by atoms with Crippen LogP contribution in [0.25, 0.3) is 0 Å². The first-order valence-electron chi connectivity index (χ1n) is 8.16. The van der Waals surface area contributed by atoms with E-state index in [1.807, 2.05) is 6.07 Å². The molecule has 23 heavy (non-hydrogen) atoms.